The smallest absolute Gasteiger partial charge is 0.206 e. The van der Waals surface area contributed by atoms with Gasteiger partial charge in [0.15, 0.2) is 0 Å². The van der Waals surface area contributed by atoms with Gasteiger partial charge in [-0.25, -0.2) is 8.42 Å². The van der Waals surface area contributed by atoms with Crippen molar-refractivity contribution in [3.63, 3.8) is 0 Å². The van der Waals surface area contributed by atoms with Crippen LogP contribution in [0.25, 0.3) is 0 Å². The van der Waals surface area contributed by atoms with Crippen LogP contribution in [0.1, 0.15) is 45.4 Å². The van der Waals surface area contributed by atoms with E-state index in [0.717, 1.165) is 6.42 Å². The Labute approximate surface area is 157 Å². The predicted molar refractivity (Wildman–Crippen MR) is 104 cm³/mol. The maximum Gasteiger partial charge on any atom is 0.206 e. The topological polar surface area (TPSA) is 52.6 Å². The second-order valence-corrected chi connectivity index (χ2v) is 8.22. The molecule has 0 radical (unpaired) electrons. The summed E-state index contributed by atoms with van der Waals surface area (Å²) in [5.74, 6) is 1.33. The van der Waals surface area contributed by atoms with Crippen LogP contribution in [-0.4, -0.2) is 22.1 Å². The van der Waals surface area contributed by atoms with Gasteiger partial charge in [0.1, 0.15) is 11.5 Å². The van der Waals surface area contributed by atoms with Crippen molar-refractivity contribution in [2.75, 3.05) is 13.7 Å². The third-order valence-electron chi connectivity index (χ3n) is 4.27. The maximum absolute atomic E-state index is 12.6. The normalized spacial score (nSPS) is 11.3. The minimum atomic E-state index is -3.53. The Morgan fingerprint density at radius 1 is 0.731 bits per heavy atom. The lowest BCUT2D eigenvalue weighted by Gasteiger charge is -2.09. The zero-order valence-electron chi connectivity index (χ0n) is 15.6. The SMILES string of the molecule is CCCCCCCCOc1ccc(S(=O)(=O)c2ccc(OC)cc2)cc1. The van der Waals surface area contributed by atoms with Gasteiger partial charge in [0, 0.05) is 0 Å². The van der Waals surface area contributed by atoms with Crippen molar-refractivity contribution in [1.29, 1.82) is 0 Å². The van der Waals surface area contributed by atoms with Crippen molar-refractivity contribution in [3.8, 4) is 11.5 Å². The van der Waals surface area contributed by atoms with Gasteiger partial charge in [-0.15, -0.1) is 0 Å². The van der Waals surface area contributed by atoms with E-state index >= 15 is 0 Å². The number of ether oxygens (including phenoxy) is 2. The van der Waals surface area contributed by atoms with E-state index in [1.807, 2.05) is 0 Å². The summed E-state index contributed by atoms with van der Waals surface area (Å²) in [4.78, 5) is 0.508. The highest BCUT2D eigenvalue weighted by Crippen LogP contribution is 2.24. The van der Waals surface area contributed by atoms with Gasteiger partial charge in [-0.05, 0) is 55.0 Å². The first kappa shape index (κ1) is 20.3. The summed E-state index contributed by atoms with van der Waals surface area (Å²) in [6.07, 6.45) is 7.28. The van der Waals surface area contributed by atoms with Crippen LogP contribution in [0.5, 0.6) is 11.5 Å². The molecular formula is C21H28O4S. The number of unbranched alkanes of at least 4 members (excludes halogenated alkanes) is 5. The van der Waals surface area contributed by atoms with Gasteiger partial charge in [-0.2, -0.15) is 0 Å². The Morgan fingerprint density at radius 2 is 1.23 bits per heavy atom. The molecule has 0 heterocycles. The van der Waals surface area contributed by atoms with E-state index in [1.165, 1.54) is 32.1 Å². The Hall–Kier alpha value is -2.01. The van der Waals surface area contributed by atoms with Crippen molar-refractivity contribution >= 4 is 9.84 Å². The molecule has 0 aliphatic heterocycles. The minimum Gasteiger partial charge on any atom is -0.497 e. The monoisotopic (exact) mass is 376 g/mol. The van der Waals surface area contributed by atoms with Crippen molar-refractivity contribution < 1.29 is 17.9 Å². The third kappa shape index (κ3) is 5.77. The lowest BCUT2D eigenvalue weighted by atomic mass is 10.1. The number of rotatable bonds is 11. The van der Waals surface area contributed by atoms with Gasteiger partial charge in [0.2, 0.25) is 9.84 Å². The van der Waals surface area contributed by atoms with Crippen LogP contribution < -0.4 is 9.47 Å². The van der Waals surface area contributed by atoms with E-state index in [9.17, 15) is 8.42 Å². The average Bonchev–Trinajstić information content (AvgIpc) is 2.67. The van der Waals surface area contributed by atoms with Gasteiger partial charge in [0.25, 0.3) is 0 Å². The molecule has 0 saturated heterocycles. The summed E-state index contributed by atoms with van der Waals surface area (Å²) in [6.45, 7) is 2.87. The van der Waals surface area contributed by atoms with Gasteiger partial charge < -0.3 is 9.47 Å². The highest BCUT2D eigenvalue weighted by atomic mass is 32.2. The van der Waals surface area contributed by atoms with Crippen molar-refractivity contribution in [2.24, 2.45) is 0 Å². The van der Waals surface area contributed by atoms with E-state index in [1.54, 1.807) is 55.6 Å². The van der Waals surface area contributed by atoms with Gasteiger partial charge in [-0.1, -0.05) is 39.0 Å². The summed E-state index contributed by atoms with van der Waals surface area (Å²) in [6, 6.07) is 13.0. The molecule has 0 aromatic heterocycles. The zero-order valence-corrected chi connectivity index (χ0v) is 16.4. The average molecular weight is 377 g/mol. The van der Waals surface area contributed by atoms with Crippen LogP contribution in [0.2, 0.25) is 0 Å². The molecule has 0 atom stereocenters. The van der Waals surface area contributed by atoms with Crippen LogP contribution in [0, 0.1) is 0 Å². The summed E-state index contributed by atoms with van der Waals surface area (Å²) in [5.41, 5.74) is 0. The van der Waals surface area contributed by atoms with Gasteiger partial charge >= 0.3 is 0 Å². The summed E-state index contributed by atoms with van der Waals surface area (Å²) < 4.78 is 36.1. The third-order valence-corrected chi connectivity index (χ3v) is 6.06. The molecule has 26 heavy (non-hydrogen) atoms. The summed E-state index contributed by atoms with van der Waals surface area (Å²) in [5, 5.41) is 0. The van der Waals surface area contributed by atoms with Crippen molar-refractivity contribution in [3.05, 3.63) is 48.5 Å². The molecule has 4 nitrogen and oxygen atoms in total. The first-order chi connectivity index (χ1) is 12.6. The van der Waals surface area contributed by atoms with E-state index in [0.29, 0.717) is 18.1 Å². The van der Waals surface area contributed by atoms with Crippen LogP contribution in [0.3, 0.4) is 0 Å². The molecule has 0 unspecified atom stereocenters. The summed E-state index contributed by atoms with van der Waals surface area (Å²) >= 11 is 0. The molecule has 0 bridgehead atoms. The Morgan fingerprint density at radius 3 is 1.77 bits per heavy atom. The zero-order chi connectivity index (χ0) is 18.8. The molecule has 0 N–H and O–H groups in total. The molecule has 142 valence electrons. The van der Waals surface area contributed by atoms with Crippen molar-refractivity contribution in [1.82, 2.24) is 0 Å². The van der Waals surface area contributed by atoms with E-state index in [-0.39, 0.29) is 9.79 Å². The van der Waals surface area contributed by atoms with Gasteiger partial charge in [-0.3, -0.25) is 0 Å². The summed E-state index contributed by atoms with van der Waals surface area (Å²) in [7, 11) is -1.98. The number of methoxy groups -OCH3 is 1. The molecular weight excluding hydrogens is 348 g/mol. The van der Waals surface area contributed by atoms with Crippen LogP contribution in [-0.2, 0) is 9.84 Å². The molecule has 0 saturated carbocycles. The molecule has 0 amide bonds. The first-order valence-corrected chi connectivity index (χ1v) is 10.7. The minimum absolute atomic E-state index is 0.249. The number of hydrogen-bond acceptors (Lipinski definition) is 4. The molecule has 0 aliphatic carbocycles. The molecule has 2 aromatic rings. The lowest BCUT2D eigenvalue weighted by Crippen LogP contribution is -2.02. The molecule has 2 rings (SSSR count). The van der Waals surface area contributed by atoms with Crippen LogP contribution in [0.15, 0.2) is 58.3 Å². The fourth-order valence-electron chi connectivity index (χ4n) is 2.68. The number of hydrogen-bond donors (Lipinski definition) is 0. The molecule has 0 aliphatic rings. The standard InChI is InChI=1S/C21H28O4S/c1-3-4-5-6-7-8-17-25-19-11-15-21(16-12-19)26(22,23)20-13-9-18(24-2)10-14-20/h9-16H,3-8,17H2,1-2H3. The van der Waals surface area contributed by atoms with E-state index in [2.05, 4.69) is 6.92 Å². The second kappa shape index (κ2) is 10.2. The quantitative estimate of drug-likeness (QED) is 0.502. The van der Waals surface area contributed by atoms with Crippen LogP contribution in [0.4, 0.5) is 0 Å². The highest BCUT2D eigenvalue weighted by molar-refractivity contribution is 7.91. The molecule has 0 spiro atoms. The van der Waals surface area contributed by atoms with Crippen LogP contribution >= 0.6 is 0 Å². The van der Waals surface area contributed by atoms with E-state index in [4.69, 9.17) is 9.47 Å². The Balaban J connectivity index is 1.89. The fraction of sp³-hybridized carbons (Fsp3) is 0.429. The number of benzene rings is 2. The fourth-order valence-corrected chi connectivity index (χ4v) is 3.94. The predicted octanol–water partition coefficient (Wildman–Crippen LogP) is 5.27. The molecule has 0 fully saturated rings. The first-order valence-electron chi connectivity index (χ1n) is 9.20. The van der Waals surface area contributed by atoms with E-state index < -0.39 is 9.84 Å². The Kier molecular flexibility index (Phi) is 7.98. The van der Waals surface area contributed by atoms with Gasteiger partial charge in [0.05, 0.1) is 23.5 Å². The second-order valence-electron chi connectivity index (χ2n) is 6.27. The largest absolute Gasteiger partial charge is 0.497 e. The molecule has 2 aromatic carbocycles. The van der Waals surface area contributed by atoms with Crippen molar-refractivity contribution in [2.45, 2.75) is 55.2 Å². The number of sulfone groups is 1. The Bertz CT molecular complexity index is 750. The molecule has 5 heteroatoms. The maximum atomic E-state index is 12.6. The lowest BCUT2D eigenvalue weighted by molar-refractivity contribution is 0.304. The highest BCUT2D eigenvalue weighted by Gasteiger charge is 2.17.